The summed E-state index contributed by atoms with van der Waals surface area (Å²) in [5.41, 5.74) is 1.07. The van der Waals surface area contributed by atoms with Gasteiger partial charge < -0.3 is 15.0 Å². The molecule has 2 rings (SSSR count). The molecule has 0 aliphatic heterocycles. The number of carbonyl (C=O) groups excluding carboxylic acids is 3. The molecule has 0 aliphatic rings. The molecule has 2 amide bonds. The molecule has 2 aromatic rings. The highest BCUT2D eigenvalue weighted by atomic mass is 19.1. The first-order valence-electron chi connectivity index (χ1n) is 7.83. The van der Waals surface area contributed by atoms with Gasteiger partial charge in [-0.3, -0.25) is 14.4 Å². The van der Waals surface area contributed by atoms with Crippen LogP contribution in [0.1, 0.15) is 27.6 Å². The predicted octanol–water partition coefficient (Wildman–Crippen LogP) is 2.75. The third-order valence-corrected chi connectivity index (χ3v) is 3.50. The molecule has 0 unspecified atom stereocenters. The summed E-state index contributed by atoms with van der Waals surface area (Å²) in [7, 11) is 3.31. The molecule has 0 bridgehead atoms. The highest BCUT2D eigenvalue weighted by molar-refractivity contribution is 5.97. The van der Waals surface area contributed by atoms with Crippen molar-refractivity contribution in [3.05, 3.63) is 59.4 Å². The maximum atomic E-state index is 13.2. The van der Waals surface area contributed by atoms with Gasteiger partial charge in [-0.15, -0.1) is 0 Å². The van der Waals surface area contributed by atoms with Gasteiger partial charge in [-0.1, -0.05) is 0 Å². The van der Waals surface area contributed by atoms with Gasteiger partial charge in [0.25, 0.3) is 11.8 Å². The fourth-order valence-corrected chi connectivity index (χ4v) is 2.20. The summed E-state index contributed by atoms with van der Waals surface area (Å²) in [4.78, 5) is 36.8. The first-order valence-corrected chi connectivity index (χ1v) is 7.83. The smallest absolute Gasteiger partial charge is 0.262 e. The summed E-state index contributed by atoms with van der Waals surface area (Å²) < 4.78 is 18.5. The zero-order valence-electron chi connectivity index (χ0n) is 14.7. The summed E-state index contributed by atoms with van der Waals surface area (Å²) >= 11 is 0. The Labute approximate surface area is 150 Å². The Morgan fingerprint density at radius 1 is 1.08 bits per heavy atom. The molecule has 6 nitrogen and oxygen atoms in total. The standard InChI is InChI=1S/C19H19FN2O4/c1-12(23)16-10-14(20)6-9-17(16)26-11-18(24)21-15-7-4-13(5-8-15)19(25)22(2)3/h4-10H,11H2,1-3H3,(H,21,24). The van der Waals surface area contributed by atoms with E-state index >= 15 is 0 Å². The average molecular weight is 358 g/mol. The Morgan fingerprint density at radius 2 is 1.73 bits per heavy atom. The van der Waals surface area contributed by atoms with Crippen LogP contribution in [0.5, 0.6) is 5.75 Å². The summed E-state index contributed by atoms with van der Waals surface area (Å²) in [5.74, 6) is -1.36. The third kappa shape index (κ3) is 4.89. The molecule has 26 heavy (non-hydrogen) atoms. The number of nitrogens with one attached hydrogen (secondary N) is 1. The van der Waals surface area contributed by atoms with Gasteiger partial charge in [0.05, 0.1) is 5.56 Å². The third-order valence-electron chi connectivity index (χ3n) is 3.50. The number of benzene rings is 2. The summed E-state index contributed by atoms with van der Waals surface area (Å²) in [6, 6.07) is 9.94. The molecule has 0 saturated carbocycles. The molecule has 2 aromatic carbocycles. The lowest BCUT2D eigenvalue weighted by Gasteiger charge is -2.12. The second-order valence-corrected chi connectivity index (χ2v) is 5.81. The number of carbonyl (C=O) groups is 3. The minimum atomic E-state index is -0.556. The van der Waals surface area contributed by atoms with Gasteiger partial charge >= 0.3 is 0 Å². The number of ketones is 1. The Morgan fingerprint density at radius 3 is 2.31 bits per heavy atom. The molecule has 1 N–H and O–H groups in total. The number of halogens is 1. The summed E-state index contributed by atoms with van der Waals surface area (Å²) in [6.45, 7) is 0.947. The number of hydrogen-bond donors (Lipinski definition) is 1. The van der Waals surface area contributed by atoms with Crippen LogP contribution in [0.4, 0.5) is 10.1 Å². The molecule has 0 radical (unpaired) electrons. The second-order valence-electron chi connectivity index (χ2n) is 5.81. The van der Waals surface area contributed by atoms with Crippen molar-refractivity contribution in [3.8, 4) is 5.75 Å². The lowest BCUT2D eigenvalue weighted by atomic mass is 10.1. The molecular weight excluding hydrogens is 339 g/mol. The maximum Gasteiger partial charge on any atom is 0.262 e. The Kier molecular flexibility index (Phi) is 6.06. The van der Waals surface area contributed by atoms with Crippen molar-refractivity contribution < 1.29 is 23.5 Å². The Hall–Kier alpha value is -3.22. The zero-order valence-corrected chi connectivity index (χ0v) is 14.7. The van der Waals surface area contributed by atoms with Gasteiger partial charge in [0.1, 0.15) is 11.6 Å². The van der Waals surface area contributed by atoms with Gasteiger partial charge in [0.2, 0.25) is 0 Å². The van der Waals surface area contributed by atoms with E-state index in [0.29, 0.717) is 11.3 Å². The number of nitrogens with zero attached hydrogens (tertiary/aromatic N) is 1. The van der Waals surface area contributed by atoms with E-state index in [1.165, 1.54) is 17.9 Å². The van der Waals surface area contributed by atoms with Crippen LogP contribution in [0.3, 0.4) is 0 Å². The van der Waals surface area contributed by atoms with E-state index in [1.54, 1.807) is 38.4 Å². The fraction of sp³-hybridized carbons (Fsp3) is 0.211. The molecule has 0 aromatic heterocycles. The summed E-state index contributed by atoms with van der Waals surface area (Å²) in [6.07, 6.45) is 0. The van der Waals surface area contributed by atoms with E-state index < -0.39 is 11.7 Å². The molecule has 0 spiro atoms. The predicted molar refractivity (Wildman–Crippen MR) is 95.0 cm³/mol. The van der Waals surface area contributed by atoms with E-state index in [0.717, 1.165) is 12.1 Å². The van der Waals surface area contributed by atoms with Crippen molar-refractivity contribution in [1.29, 1.82) is 0 Å². The topological polar surface area (TPSA) is 75.7 Å². The first kappa shape index (κ1) is 19.1. The highest BCUT2D eigenvalue weighted by Crippen LogP contribution is 2.20. The van der Waals surface area contributed by atoms with Crippen LogP contribution >= 0.6 is 0 Å². The number of ether oxygens (including phenoxy) is 1. The molecule has 0 heterocycles. The Balaban J connectivity index is 1.97. The molecule has 0 aliphatic carbocycles. The minimum absolute atomic E-state index is 0.0735. The number of rotatable bonds is 6. The van der Waals surface area contributed by atoms with Crippen molar-refractivity contribution in [2.75, 3.05) is 26.0 Å². The van der Waals surface area contributed by atoms with Crippen LogP contribution in [-0.2, 0) is 4.79 Å². The fourth-order valence-electron chi connectivity index (χ4n) is 2.20. The van der Waals surface area contributed by atoms with Crippen molar-refractivity contribution in [2.24, 2.45) is 0 Å². The van der Waals surface area contributed by atoms with Crippen LogP contribution in [0.2, 0.25) is 0 Å². The van der Waals surface area contributed by atoms with Crippen LogP contribution in [0.25, 0.3) is 0 Å². The summed E-state index contributed by atoms with van der Waals surface area (Å²) in [5, 5.41) is 2.62. The van der Waals surface area contributed by atoms with Crippen molar-refractivity contribution >= 4 is 23.3 Å². The number of anilines is 1. The quantitative estimate of drug-likeness (QED) is 0.806. The van der Waals surface area contributed by atoms with Gasteiger partial charge in [-0.25, -0.2) is 4.39 Å². The first-order chi connectivity index (χ1) is 12.3. The van der Waals surface area contributed by atoms with E-state index in [-0.39, 0.29) is 29.6 Å². The molecule has 0 fully saturated rings. The van der Waals surface area contributed by atoms with Crippen molar-refractivity contribution in [1.82, 2.24) is 4.90 Å². The lowest BCUT2D eigenvalue weighted by Crippen LogP contribution is -2.22. The molecule has 0 saturated heterocycles. The lowest BCUT2D eigenvalue weighted by molar-refractivity contribution is -0.118. The number of hydrogen-bond acceptors (Lipinski definition) is 4. The van der Waals surface area contributed by atoms with Gasteiger partial charge in [0.15, 0.2) is 12.4 Å². The Bertz CT molecular complexity index is 832. The normalized spacial score (nSPS) is 10.2. The van der Waals surface area contributed by atoms with Crippen LogP contribution < -0.4 is 10.1 Å². The van der Waals surface area contributed by atoms with Crippen LogP contribution in [-0.4, -0.2) is 43.2 Å². The average Bonchev–Trinajstić information content (AvgIpc) is 2.60. The molecule has 0 atom stereocenters. The molecular formula is C19H19FN2O4. The van der Waals surface area contributed by atoms with Crippen molar-refractivity contribution in [3.63, 3.8) is 0 Å². The number of Topliss-reactive ketones (excluding diaryl/α,β-unsaturated/α-hetero) is 1. The van der Waals surface area contributed by atoms with Crippen molar-refractivity contribution in [2.45, 2.75) is 6.92 Å². The zero-order chi connectivity index (χ0) is 19.3. The van der Waals surface area contributed by atoms with E-state index in [1.807, 2.05) is 0 Å². The maximum absolute atomic E-state index is 13.2. The van der Waals surface area contributed by atoms with Gasteiger partial charge in [0, 0.05) is 25.3 Å². The van der Waals surface area contributed by atoms with E-state index in [4.69, 9.17) is 4.74 Å². The monoisotopic (exact) mass is 358 g/mol. The van der Waals surface area contributed by atoms with Gasteiger partial charge in [-0.05, 0) is 49.4 Å². The SMILES string of the molecule is CC(=O)c1cc(F)ccc1OCC(=O)Nc1ccc(C(=O)N(C)C)cc1. The van der Waals surface area contributed by atoms with E-state index in [9.17, 15) is 18.8 Å². The second kappa shape index (κ2) is 8.24. The van der Waals surface area contributed by atoms with Gasteiger partial charge in [-0.2, -0.15) is 0 Å². The van der Waals surface area contributed by atoms with Crippen LogP contribution in [0, 0.1) is 5.82 Å². The molecule has 136 valence electrons. The highest BCUT2D eigenvalue weighted by Gasteiger charge is 2.12. The largest absolute Gasteiger partial charge is 0.483 e. The van der Waals surface area contributed by atoms with E-state index in [2.05, 4.69) is 5.32 Å². The van der Waals surface area contributed by atoms with Crippen LogP contribution in [0.15, 0.2) is 42.5 Å². The molecule has 7 heteroatoms. The number of amides is 2. The minimum Gasteiger partial charge on any atom is -0.483 e.